The molecule has 0 radical (unpaired) electrons. The van der Waals surface area contributed by atoms with E-state index in [1.807, 2.05) is 0 Å². The first kappa shape index (κ1) is 20.3. The van der Waals surface area contributed by atoms with E-state index in [1.54, 1.807) is 40.0 Å². The number of anilines is 1. The molecule has 1 fully saturated rings. The summed E-state index contributed by atoms with van der Waals surface area (Å²) in [5.41, 5.74) is 8.23. The number of fused-ring (bicyclic) bond motifs is 3. The van der Waals surface area contributed by atoms with Crippen LogP contribution in [0.2, 0.25) is 0 Å². The highest BCUT2D eigenvalue weighted by molar-refractivity contribution is 5.98. The second-order valence-electron chi connectivity index (χ2n) is 7.56. The van der Waals surface area contributed by atoms with Gasteiger partial charge in [0, 0.05) is 12.1 Å². The number of halogens is 3. The number of nitrogen functional groups attached to an aromatic ring is 1. The van der Waals surface area contributed by atoms with Crippen molar-refractivity contribution in [3.8, 4) is 0 Å². The molecule has 0 aliphatic carbocycles. The van der Waals surface area contributed by atoms with Crippen LogP contribution < -0.4 is 5.73 Å². The van der Waals surface area contributed by atoms with E-state index in [0.29, 0.717) is 41.1 Å². The highest BCUT2D eigenvalue weighted by Crippen LogP contribution is 2.32. The van der Waals surface area contributed by atoms with Gasteiger partial charge in [-0.1, -0.05) is 12.1 Å². The number of ether oxygens (including phenoxy) is 1. The molecule has 32 heavy (non-hydrogen) atoms. The smallest absolute Gasteiger partial charge is 0.382 e. The lowest BCUT2D eigenvalue weighted by atomic mass is 10.0. The fourth-order valence-corrected chi connectivity index (χ4v) is 4.00. The summed E-state index contributed by atoms with van der Waals surface area (Å²) in [7, 11) is 0. The standard InChI is InChI=1S/C22H18F3N5O2/c23-22(24,25)15-4-1-13(2-5-15)19-11-32-8-7-29(19)21(31)14-3-6-17-16(9-14)28-20(26)18-10-27-12-30(17)18/h1-6,9-10,12,19H,7-8,11H2,(H2,26,28). The molecule has 164 valence electrons. The molecule has 1 saturated heterocycles. The number of benzene rings is 2. The summed E-state index contributed by atoms with van der Waals surface area (Å²) < 4.78 is 46.1. The molecule has 2 aromatic carbocycles. The van der Waals surface area contributed by atoms with Gasteiger partial charge >= 0.3 is 6.18 Å². The van der Waals surface area contributed by atoms with Gasteiger partial charge in [0.05, 0.1) is 48.4 Å². The number of hydrogen-bond donors (Lipinski definition) is 1. The Kier molecular flexibility index (Phi) is 4.74. The van der Waals surface area contributed by atoms with Crippen molar-refractivity contribution >= 4 is 28.3 Å². The van der Waals surface area contributed by atoms with Crippen molar-refractivity contribution in [1.29, 1.82) is 0 Å². The van der Waals surface area contributed by atoms with Gasteiger partial charge < -0.3 is 15.4 Å². The van der Waals surface area contributed by atoms with Gasteiger partial charge in [0.25, 0.3) is 5.91 Å². The molecule has 0 saturated carbocycles. The van der Waals surface area contributed by atoms with Gasteiger partial charge in [-0.3, -0.25) is 9.20 Å². The van der Waals surface area contributed by atoms with E-state index >= 15 is 0 Å². The Labute approximate surface area is 180 Å². The Morgan fingerprint density at radius 1 is 1.12 bits per heavy atom. The molecule has 0 spiro atoms. The number of imidazole rings is 1. The van der Waals surface area contributed by atoms with Gasteiger partial charge in [0.1, 0.15) is 11.3 Å². The molecular formula is C22H18F3N5O2. The number of alkyl halides is 3. The van der Waals surface area contributed by atoms with Crippen LogP contribution in [0, 0.1) is 0 Å². The van der Waals surface area contributed by atoms with Crippen LogP contribution in [0.1, 0.15) is 27.5 Å². The van der Waals surface area contributed by atoms with Gasteiger partial charge in [-0.05, 0) is 35.9 Å². The normalized spacial score (nSPS) is 17.2. The van der Waals surface area contributed by atoms with Crippen molar-refractivity contribution in [3.63, 3.8) is 0 Å². The van der Waals surface area contributed by atoms with Crippen LogP contribution >= 0.6 is 0 Å². The number of nitrogens with zero attached hydrogens (tertiary/aromatic N) is 4. The minimum Gasteiger partial charge on any atom is -0.382 e. The minimum absolute atomic E-state index is 0.200. The van der Waals surface area contributed by atoms with Crippen LogP contribution in [0.25, 0.3) is 16.6 Å². The largest absolute Gasteiger partial charge is 0.416 e. The highest BCUT2D eigenvalue weighted by atomic mass is 19.4. The molecule has 5 rings (SSSR count). The van der Waals surface area contributed by atoms with Gasteiger partial charge in [0.15, 0.2) is 0 Å². The summed E-state index contributed by atoms with van der Waals surface area (Å²) in [6.45, 7) is 0.863. The number of aromatic nitrogens is 3. The average molecular weight is 441 g/mol. The fraction of sp³-hybridized carbons (Fsp3) is 0.227. The highest BCUT2D eigenvalue weighted by Gasteiger charge is 2.33. The lowest BCUT2D eigenvalue weighted by Crippen LogP contribution is -2.43. The third-order valence-electron chi connectivity index (χ3n) is 5.64. The lowest BCUT2D eigenvalue weighted by Gasteiger charge is -2.36. The predicted octanol–water partition coefficient (Wildman–Crippen LogP) is 3.70. The zero-order valence-corrected chi connectivity index (χ0v) is 16.7. The maximum absolute atomic E-state index is 13.4. The lowest BCUT2D eigenvalue weighted by molar-refractivity contribution is -0.137. The van der Waals surface area contributed by atoms with Crippen LogP contribution in [0.15, 0.2) is 55.0 Å². The second kappa shape index (κ2) is 7.49. The van der Waals surface area contributed by atoms with E-state index in [0.717, 1.165) is 17.6 Å². The number of carbonyl (C=O) groups excluding carboxylic acids is 1. The van der Waals surface area contributed by atoms with Gasteiger partial charge in [-0.15, -0.1) is 0 Å². The topological polar surface area (TPSA) is 85.8 Å². The first-order chi connectivity index (χ1) is 15.3. The molecular weight excluding hydrogens is 423 g/mol. The summed E-state index contributed by atoms with van der Waals surface area (Å²) in [4.78, 5) is 23.5. The summed E-state index contributed by atoms with van der Waals surface area (Å²) in [5.74, 6) is 0.0415. The quantitative estimate of drug-likeness (QED) is 0.513. The summed E-state index contributed by atoms with van der Waals surface area (Å²) in [6, 6.07) is 9.45. The SMILES string of the molecule is Nc1nc2cc(C(=O)N3CCOCC3c3ccc(C(F)(F)F)cc3)ccc2n2cncc12. The Hall–Kier alpha value is -3.66. The van der Waals surface area contributed by atoms with Crippen molar-refractivity contribution in [2.75, 3.05) is 25.5 Å². The molecule has 4 aromatic rings. The van der Waals surface area contributed by atoms with Crippen molar-refractivity contribution in [2.45, 2.75) is 12.2 Å². The van der Waals surface area contributed by atoms with E-state index in [-0.39, 0.29) is 12.5 Å². The molecule has 1 amide bonds. The molecule has 1 atom stereocenters. The Bertz CT molecular complexity index is 1320. The molecule has 3 heterocycles. The molecule has 1 unspecified atom stereocenters. The third-order valence-corrected chi connectivity index (χ3v) is 5.64. The number of amides is 1. The van der Waals surface area contributed by atoms with Crippen LogP contribution in [-0.2, 0) is 10.9 Å². The zero-order chi connectivity index (χ0) is 22.5. The number of morpholine rings is 1. The average Bonchev–Trinajstić information content (AvgIpc) is 3.29. The van der Waals surface area contributed by atoms with Crippen LogP contribution in [0.3, 0.4) is 0 Å². The molecule has 0 bridgehead atoms. The minimum atomic E-state index is -4.42. The van der Waals surface area contributed by atoms with Crippen LogP contribution in [0.4, 0.5) is 19.0 Å². The molecule has 1 aliphatic rings. The van der Waals surface area contributed by atoms with Crippen molar-refractivity contribution in [1.82, 2.24) is 19.3 Å². The summed E-state index contributed by atoms with van der Waals surface area (Å²) in [6.07, 6.45) is -1.18. The van der Waals surface area contributed by atoms with E-state index in [9.17, 15) is 18.0 Å². The van der Waals surface area contributed by atoms with Crippen molar-refractivity contribution < 1.29 is 22.7 Å². The van der Waals surface area contributed by atoms with Gasteiger partial charge in [0.2, 0.25) is 0 Å². The Morgan fingerprint density at radius 3 is 2.66 bits per heavy atom. The summed E-state index contributed by atoms with van der Waals surface area (Å²) >= 11 is 0. The molecule has 1 aliphatic heterocycles. The van der Waals surface area contributed by atoms with E-state index in [4.69, 9.17) is 10.5 Å². The predicted molar refractivity (Wildman–Crippen MR) is 111 cm³/mol. The molecule has 10 heteroatoms. The van der Waals surface area contributed by atoms with E-state index < -0.39 is 17.8 Å². The van der Waals surface area contributed by atoms with Gasteiger partial charge in [-0.25, -0.2) is 9.97 Å². The fourth-order valence-electron chi connectivity index (χ4n) is 4.00. The maximum atomic E-state index is 13.4. The van der Waals surface area contributed by atoms with Crippen molar-refractivity contribution in [2.24, 2.45) is 0 Å². The van der Waals surface area contributed by atoms with Crippen molar-refractivity contribution in [3.05, 3.63) is 71.7 Å². The number of carbonyl (C=O) groups is 1. The Morgan fingerprint density at radius 2 is 1.91 bits per heavy atom. The van der Waals surface area contributed by atoms with Crippen LogP contribution in [-0.4, -0.2) is 44.9 Å². The van der Waals surface area contributed by atoms with Crippen LogP contribution in [0.5, 0.6) is 0 Å². The van der Waals surface area contributed by atoms with E-state index in [2.05, 4.69) is 9.97 Å². The Balaban J connectivity index is 1.49. The van der Waals surface area contributed by atoms with Gasteiger partial charge in [-0.2, -0.15) is 13.2 Å². The first-order valence-corrected chi connectivity index (χ1v) is 9.90. The molecule has 7 nitrogen and oxygen atoms in total. The maximum Gasteiger partial charge on any atom is 0.416 e. The van der Waals surface area contributed by atoms with E-state index in [1.165, 1.54) is 12.1 Å². The molecule has 2 aromatic heterocycles. The third kappa shape index (κ3) is 3.42. The zero-order valence-electron chi connectivity index (χ0n) is 16.7. The number of nitrogens with two attached hydrogens (primary N) is 1. The monoisotopic (exact) mass is 441 g/mol. The number of hydrogen-bond acceptors (Lipinski definition) is 5. The summed E-state index contributed by atoms with van der Waals surface area (Å²) in [5, 5.41) is 0. The second-order valence-corrected chi connectivity index (χ2v) is 7.56. The number of rotatable bonds is 2. The molecule has 2 N–H and O–H groups in total. The first-order valence-electron chi connectivity index (χ1n) is 9.90.